The minimum absolute atomic E-state index is 0.303. The monoisotopic (exact) mass is 591 g/mol. The van der Waals surface area contributed by atoms with E-state index in [1.165, 1.54) is 109 Å². The third-order valence-corrected chi connectivity index (χ3v) is 10.2. The van der Waals surface area contributed by atoms with Gasteiger partial charge in [-0.3, -0.25) is 0 Å². The standard InChI is InChI=1S/C44H49N/c1-7-8-26-44(5,6)29-30-19-23-39-36(27-30)35-16-9-10-18-38(35)45(39)40-24-22-32-21-20-31-15-13-17-34-33(14-11-12-25-43(2,3)4)28-37(40)42(32)41(31)34/h9-10,13,15-24,27-28H,7-8,11-12,14,25-26,29H2,1-6H3. The van der Waals surface area contributed by atoms with Gasteiger partial charge in [-0.1, -0.05) is 121 Å². The van der Waals surface area contributed by atoms with E-state index in [2.05, 4.69) is 137 Å². The molecule has 45 heavy (non-hydrogen) atoms. The van der Waals surface area contributed by atoms with Gasteiger partial charge in [-0.05, 0) is 111 Å². The molecule has 0 saturated carbocycles. The molecule has 0 saturated heterocycles. The highest BCUT2D eigenvalue weighted by Crippen LogP contribution is 2.42. The van der Waals surface area contributed by atoms with Crippen LogP contribution in [0, 0.1) is 10.8 Å². The van der Waals surface area contributed by atoms with Gasteiger partial charge in [0.05, 0.1) is 16.7 Å². The molecule has 0 bridgehead atoms. The number of para-hydroxylation sites is 1. The Bertz CT molecular complexity index is 2130. The Morgan fingerprint density at radius 1 is 0.578 bits per heavy atom. The van der Waals surface area contributed by atoms with Crippen LogP contribution < -0.4 is 0 Å². The molecule has 0 N–H and O–H groups in total. The first-order chi connectivity index (χ1) is 21.6. The number of hydrogen-bond acceptors (Lipinski definition) is 0. The van der Waals surface area contributed by atoms with Gasteiger partial charge in [0, 0.05) is 16.2 Å². The normalized spacial score (nSPS) is 12.9. The predicted octanol–water partition coefficient (Wildman–Crippen LogP) is 13.2. The zero-order valence-corrected chi connectivity index (χ0v) is 28.3. The van der Waals surface area contributed by atoms with E-state index >= 15 is 0 Å². The highest BCUT2D eigenvalue weighted by Gasteiger charge is 2.21. The lowest BCUT2D eigenvalue weighted by molar-refractivity contribution is 0.321. The molecule has 0 aliphatic rings. The van der Waals surface area contributed by atoms with Crippen LogP contribution >= 0.6 is 0 Å². The van der Waals surface area contributed by atoms with Gasteiger partial charge >= 0.3 is 0 Å². The number of unbranched alkanes of at least 4 members (excludes halogenated alkanes) is 2. The first-order valence-corrected chi connectivity index (χ1v) is 17.4. The minimum atomic E-state index is 0.303. The number of benzene rings is 6. The molecular weight excluding hydrogens is 542 g/mol. The molecule has 1 heteroatoms. The van der Waals surface area contributed by atoms with Gasteiger partial charge in [-0.2, -0.15) is 0 Å². The molecule has 0 fully saturated rings. The average Bonchev–Trinajstić information content (AvgIpc) is 3.34. The van der Waals surface area contributed by atoms with Crippen molar-refractivity contribution in [2.24, 2.45) is 10.8 Å². The summed E-state index contributed by atoms with van der Waals surface area (Å²) in [6.45, 7) is 14.2. The maximum absolute atomic E-state index is 2.55. The van der Waals surface area contributed by atoms with Crippen molar-refractivity contribution in [1.29, 1.82) is 0 Å². The first kappa shape index (κ1) is 29.8. The van der Waals surface area contributed by atoms with Crippen LogP contribution in [0.4, 0.5) is 0 Å². The van der Waals surface area contributed by atoms with Gasteiger partial charge in [0.2, 0.25) is 0 Å². The summed E-state index contributed by atoms with van der Waals surface area (Å²) in [5.41, 5.74) is 7.49. The summed E-state index contributed by atoms with van der Waals surface area (Å²) in [5.74, 6) is 0. The molecule has 230 valence electrons. The van der Waals surface area contributed by atoms with E-state index in [0.717, 1.165) is 12.8 Å². The Morgan fingerprint density at radius 3 is 2.09 bits per heavy atom. The van der Waals surface area contributed by atoms with E-state index in [4.69, 9.17) is 0 Å². The maximum Gasteiger partial charge on any atom is 0.0541 e. The molecule has 0 amide bonds. The molecule has 0 aliphatic carbocycles. The molecule has 0 unspecified atom stereocenters. The number of nitrogens with zero attached hydrogens (tertiary/aromatic N) is 1. The van der Waals surface area contributed by atoms with Crippen LogP contribution in [0.2, 0.25) is 0 Å². The van der Waals surface area contributed by atoms with E-state index in [-0.39, 0.29) is 0 Å². The Labute approximate surface area is 269 Å². The highest BCUT2D eigenvalue weighted by atomic mass is 15.0. The molecule has 7 aromatic rings. The summed E-state index contributed by atoms with van der Waals surface area (Å²) in [5, 5.41) is 11.0. The Morgan fingerprint density at radius 2 is 1.29 bits per heavy atom. The lowest BCUT2D eigenvalue weighted by Crippen LogP contribution is -2.14. The van der Waals surface area contributed by atoms with Crippen molar-refractivity contribution >= 4 is 54.1 Å². The van der Waals surface area contributed by atoms with Crippen molar-refractivity contribution in [2.45, 2.75) is 92.9 Å². The van der Waals surface area contributed by atoms with Gasteiger partial charge in [0.15, 0.2) is 0 Å². The van der Waals surface area contributed by atoms with Crippen LogP contribution in [-0.4, -0.2) is 4.57 Å². The van der Waals surface area contributed by atoms with Crippen molar-refractivity contribution in [2.75, 3.05) is 0 Å². The van der Waals surface area contributed by atoms with Gasteiger partial charge < -0.3 is 4.57 Å². The summed E-state index contributed by atoms with van der Waals surface area (Å²) in [4.78, 5) is 0. The third kappa shape index (κ3) is 5.60. The Hall–Kier alpha value is -3.84. The summed E-state index contributed by atoms with van der Waals surface area (Å²) in [6.07, 6.45) is 9.80. The highest BCUT2D eigenvalue weighted by molar-refractivity contribution is 6.26. The van der Waals surface area contributed by atoms with Crippen molar-refractivity contribution in [3.8, 4) is 5.69 Å². The average molecular weight is 592 g/mol. The fourth-order valence-corrected chi connectivity index (χ4v) is 7.94. The largest absolute Gasteiger partial charge is 0.309 e. The predicted molar refractivity (Wildman–Crippen MR) is 199 cm³/mol. The first-order valence-electron chi connectivity index (χ1n) is 17.4. The van der Waals surface area contributed by atoms with Crippen molar-refractivity contribution < 1.29 is 0 Å². The number of aryl methyl sites for hydroxylation is 1. The van der Waals surface area contributed by atoms with Crippen LogP contribution in [0.1, 0.15) is 91.2 Å². The van der Waals surface area contributed by atoms with Crippen molar-refractivity contribution in [3.05, 3.63) is 102 Å². The zero-order valence-electron chi connectivity index (χ0n) is 28.3. The van der Waals surface area contributed by atoms with E-state index in [0.29, 0.717) is 10.8 Å². The van der Waals surface area contributed by atoms with Gasteiger partial charge in [-0.15, -0.1) is 0 Å². The molecule has 6 aromatic carbocycles. The van der Waals surface area contributed by atoms with Gasteiger partial charge in [0.25, 0.3) is 0 Å². The van der Waals surface area contributed by atoms with Crippen molar-refractivity contribution in [3.63, 3.8) is 0 Å². The van der Waals surface area contributed by atoms with Gasteiger partial charge in [-0.25, -0.2) is 0 Å². The second-order valence-electron chi connectivity index (χ2n) is 15.7. The van der Waals surface area contributed by atoms with Crippen molar-refractivity contribution in [1.82, 2.24) is 4.57 Å². The van der Waals surface area contributed by atoms with E-state index in [1.807, 2.05) is 0 Å². The lowest BCUT2D eigenvalue weighted by atomic mass is 9.81. The lowest BCUT2D eigenvalue weighted by Gasteiger charge is -2.24. The quantitative estimate of drug-likeness (QED) is 0.110. The fourth-order valence-electron chi connectivity index (χ4n) is 7.94. The molecule has 0 aliphatic heterocycles. The summed E-state index contributed by atoms with van der Waals surface area (Å²) in [6, 6.07) is 35.1. The molecule has 1 nitrogen and oxygen atoms in total. The molecule has 1 aromatic heterocycles. The van der Waals surface area contributed by atoms with Crippen LogP contribution in [0.25, 0.3) is 59.8 Å². The molecular formula is C44H49N. The second kappa shape index (κ2) is 11.5. The maximum atomic E-state index is 2.55. The Balaban J connectivity index is 1.42. The molecule has 0 atom stereocenters. The van der Waals surface area contributed by atoms with Crippen LogP contribution in [0.15, 0.2) is 91.0 Å². The molecule has 7 rings (SSSR count). The molecule has 1 heterocycles. The van der Waals surface area contributed by atoms with Crippen LogP contribution in [0.5, 0.6) is 0 Å². The summed E-state index contributed by atoms with van der Waals surface area (Å²) in [7, 11) is 0. The van der Waals surface area contributed by atoms with Crippen LogP contribution in [-0.2, 0) is 12.8 Å². The number of aromatic nitrogens is 1. The molecule has 0 spiro atoms. The van der Waals surface area contributed by atoms with E-state index in [9.17, 15) is 0 Å². The summed E-state index contributed by atoms with van der Waals surface area (Å²) >= 11 is 0. The topological polar surface area (TPSA) is 4.93 Å². The number of rotatable bonds is 10. The Kier molecular flexibility index (Phi) is 7.63. The smallest absolute Gasteiger partial charge is 0.0541 e. The number of hydrogen-bond donors (Lipinski definition) is 0. The SMILES string of the molecule is CCCCC(C)(C)Cc1ccc2c(c1)c1ccccc1n2-c1ccc2ccc3cccc4c(CCCCC(C)(C)C)cc1c2c34. The van der Waals surface area contributed by atoms with Crippen LogP contribution in [0.3, 0.4) is 0 Å². The summed E-state index contributed by atoms with van der Waals surface area (Å²) < 4.78 is 2.55. The van der Waals surface area contributed by atoms with E-state index in [1.54, 1.807) is 0 Å². The molecule has 0 radical (unpaired) electrons. The zero-order chi connectivity index (χ0) is 31.3. The van der Waals surface area contributed by atoms with Gasteiger partial charge in [0.1, 0.15) is 0 Å². The van der Waals surface area contributed by atoms with E-state index < -0.39 is 0 Å². The second-order valence-corrected chi connectivity index (χ2v) is 15.7. The number of fused-ring (bicyclic) bond motifs is 3. The third-order valence-electron chi connectivity index (χ3n) is 10.2. The minimum Gasteiger partial charge on any atom is -0.309 e. The fraction of sp³-hybridized carbons (Fsp3) is 0.364.